The summed E-state index contributed by atoms with van der Waals surface area (Å²) in [5, 5.41) is 5.81. The van der Waals surface area contributed by atoms with Crippen LogP contribution in [0.4, 0.5) is 0 Å². The van der Waals surface area contributed by atoms with Gasteiger partial charge in [0.05, 0.1) is 23.3 Å². The molecule has 2 aromatic heterocycles. The van der Waals surface area contributed by atoms with Gasteiger partial charge in [-0.05, 0) is 36.2 Å². The SMILES string of the molecule is CC.COC.Cc1cnn(Cc2ccc3ncc(Cl)cc3c2)c1C=O. The van der Waals surface area contributed by atoms with Crippen molar-refractivity contribution in [3.8, 4) is 0 Å². The average Bonchev–Trinajstić information content (AvgIpc) is 2.96. The maximum atomic E-state index is 11.1. The number of carbonyl (C=O) groups excluding carboxylic acids is 1. The van der Waals surface area contributed by atoms with Gasteiger partial charge < -0.3 is 4.74 Å². The molecule has 5 nitrogen and oxygen atoms in total. The highest BCUT2D eigenvalue weighted by Gasteiger charge is 2.07. The van der Waals surface area contributed by atoms with Crippen LogP contribution in [-0.4, -0.2) is 35.3 Å². The Kier molecular flexibility index (Phi) is 8.81. The number of aldehydes is 1. The summed E-state index contributed by atoms with van der Waals surface area (Å²) in [7, 11) is 3.25. The molecule has 2 heterocycles. The third-order valence-corrected chi connectivity index (χ3v) is 3.44. The molecule has 3 aromatic rings. The second-order valence-electron chi connectivity index (χ2n) is 5.08. The van der Waals surface area contributed by atoms with Crippen LogP contribution in [0.5, 0.6) is 0 Å². The van der Waals surface area contributed by atoms with E-state index < -0.39 is 0 Å². The second kappa shape index (κ2) is 10.6. The molecule has 25 heavy (non-hydrogen) atoms. The van der Waals surface area contributed by atoms with Crippen LogP contribution in [0.2, 0.25) is 5.02 Å². The second-order valence-corrected chi connectivity index (χ2v) is 5.51. The average molecular weight is 362 g/mol. The van der Waals surface area contributed by atoms with Gasteiger partial charge in [-0.15, -0.1) is 0 Å². The van der Waals surface area contributed by atoms with E-state index in [1.165, 1.54) is 0 Å². The van der Waals surface area contributed by atoms with Crippen LogP contribution in [0.3, 0.4) is 0 Å². The fraction of sp³-hybridized carbons (Fsp3) is 0.316. The molecule has 0 unspecified atom stereocenters. The number of pyridine rings is 1. The minimum absolute atomic E-state index is 0.546. The largest absolute Gasteiger partial charge is 0.388 e. The summed E-state index contributed by atoms with van der Waals surface area (Å²) in [6.07, 6.45) is 4.16. The lowest BCUT2D eigenvalue weighted by Crippen LogP contribution is -2.06. The normalized spacial score (nSPS) is 9.68. The smallest absolute Gasteiger partial charge is 0.168 e. The molecule has 0 aliphatic rings. The number of fused-ring (bicyclic) bond motifs is 1. The van der Waals surface area contributed by atoms with E-state index >= 15 is 0 Å². The van der Waals surface area contributed by atoms with Gasteiger partial charge in [-0.2, -0.15) is 5.10 Å². The number of benzene rings is 1. The molecule has 0 bridgehead atoms. The number of nitrogens with zero attached hydrogens (tertiary/aromatic N) is 3. The van der Waals surface area contributed by atoms with E-state index in [-0.39, 0.29) is 0 Å². The van der Waals surface area contributed by atoms with E-state index in [9.17, 15) is 4.79 Å². The van der Waals surface area contributed by atoms with Gasteiger partial charge in [0, 0.05) is 25.8 Å². The molecule has 0 atom stereocenters. The predicted octanol–water partition coefficient (Wildman–Crippen LogP) is 4.54. The molecule has 3 rings (SSSR count). The Morgan fingerprint density at radius 1 is 1.20 bits per heavy atom. The van der Waals surface area contributed by atoms with E-state index in [1.54, 1.807) is 31.3 Å². The quantitative estimate of drug-likeness (QED) is 0.642. The number of hydrogen-bond acceptors (Lipinski definition) is 4. The number of halogens is 1. The van der Waals surface area contributed by atoms with E-state index in [2.05, 4.69) is 14.8 Å². The standard InChI is InChI=1S/C15H12ClN3O.C2H6O.C2H6/c1-10-6-18-19(15(10)9-20)8-11-2-3-14-12(4-11)5-13(16)7-17-14;1-3-2;1-2/h2-7,9H,8H2,1H3;1-2H3;1-2H3. The lowest BCUT2D eigenvalue weighted by molar-refractivity contribution is 0.111. The molecule has 0 saturated heterocycles. The molecular weight excluding hydrogens is 338 g/mol. The topological polar surface area (TPSA) is 57.0 Å². The van der Waals surface area contributed by atoms with Gasteiger partial charge in [-0.25, -0.2) is 0 Å². The molecule has 0 aliphatic carbocycles. The first-order valence-electron chi connectivity index (χ1n) is 8.01. The number of carbonyl (C=O) groups is 1. The molecule has 1 aromatic carbocycles. The summed E-state index contributed by atoms with van der Waals surface area (Å²) >= 11 is 5.96. The van der Waals surface area contributed by atoms with Gasteiger partial charge in [0.2, 0.25) is 0 Å². The van der Waals surface area contributed by atoms with E-state index in [0.717, 1.165) is 28.3 Å². The van der Waals surface area contributed by atoms with E-state index in [4.69, 9.17) is 11.6 Å². The van der Waals surface area contributed by atoms with E-state index in [1.807, 2.05) is 45.0 Å². The van der Waals surface area contributed by atoms with Crippen molar-refractivity contribution in [2.24, 2.45) is 0 Å². The molecule has 6 heteroatoms. The van der Waals surface area contributed by atoms with Crippen LogP contribution in [0.1, 0.15) is 35.5 Å². The van der Waals surface area contributed by atoms with Crippen LogP contribution in [-0.2, 0) is 11.3 Å². The Morgan fingerprint density at radius 3 is 2.52 bits per heavy atom. The number of hydrogen-bond donors (Lipinski definition) is 0. The van der Waals surface area contributed by atoms with Crippen LogP contribution in [0.15, 0.2) is 36.7 Å². The Bertz CT molecular complexity index is 816. The Morgan fingerprint density at radius 2 is 1.88 bits per heavy atom. The number of aromatic nitrogens is 3. The Hall–Kier alpha value is -2.24. The van der Waals surface area contributed by atoms with Crippen LogP contribution >= 0.6 is 11.6 Å². The molecule has 0 radical (unpaired) electrons. The van der Waals surface area contributed by atoms with Crippen molar-refractivity contribution in [1.82, 2.24) is 14.8 Å². The minimum atomic E-state index is 0.546. The zero-order chi connectivity index (χ0) is 18.8. The van der Waals surface area contributed by atoms with Gasteiger partial charge in [0.1, 0.15) is 5.69 Å². The van der Waals surface area contributed by atoms with Crippen molar-refractivity contribution >= 4 is 28.8 Å². The zero-order valence-electron chi connectivity index (χ0n) is 15.3. The first-order chi connectivity index (χ1) is 12.1. The van der Waals surface area contributed by atoms with Crippen molar-refractivity contribution in [3.63, 3.8) is 0 Å². The lowest BCUT2D eigenvalue weighted by atomic mass is 10.1. The third kappa shape index (κ3) is 5.66. The molecule has 134 valence electrons. The molecule has 0 amide bonds. The number of methoxy groups -OCH3 is 1. The highest BCUT2D eigenvalue weighted by atomic mass is 35.5. The number of rotatable bonds is 3. The van der Waals surface area contributed by atoms with Crippen molar-refractivity contribution in [2.75, 3.05) is 14.2 Å². The van der Waals surface area contributed by atoms with Gasteiger partial charge in [-0.1, -0.05) is 31.5 Å². The van der Waals surface area contributed by atoms with Gasteiger partial charge >= 0.3 is 0 Å². The molecule has 0 spiro atoms. The van der Waals surface area contributed by atoms with Crippen molar-refractivity contribution in [2.45, 2.75) is 27.3 Å². The monoisotopic (exact) mass is 361 g/mol. The molecule has 0 saturated carbocycles. The predicted molar refractivity (Wildman–Crippen MR) is 102 cm³/mol. The van der Waals surface area contributed by atoms with Gasteiger partial charge in [0.15, 0.2) is 6.29 Å². The highest BCUT2D eigenvalue weighted by molar-refractivity contribution is 6.31. The first-order valence-corrected chi connectivity index (χ1v) is 8.38. The molecule has 0 N–H and O–H groups in total. The first kappa shape index (κ1) is 20.8. The summed E-state index contributed by atoms with van der Waals surface area (Å²) in [6, 6.07) is 7.81. The molecular formula is C19H24ClN3O2. The maximum Gasteiger partial charge on any atom is 0.168 e. The van der Waals surface area contributed by atoms with Crippen molar-refractivity contribution in [1.29, 1.82) is 0 Å². The summed E-state index contributed by atoms with van der Waals surface area (Å²) in [5.41, 5.74) is 3.43. The maximum absolute atomic E-state index is 11.1. The Labute approximate surface area is 153 Å². The number of aryl methyl sites for hydroxylation is 1. The molecule has 0 aliphatic heterocycles. The summed E-state index contributed by atoms with van der Waals surface area (Å²) in [5.74, 6) is 0. The van der Waals surface area contributed by atoms with E-state index in [0.29, 0.717) is 17.3 Å². The van der Waals surface area contributed by atoms with Gasteiger partial charge in [0.25, 0.3) is 0 Å². The number of ether oxygens (including phenoxy) is 1. The summed E-state index contributed by atoms with van der Waals surface area (Å²) in [6.45, 7) is 6.42. The van der Waals surface area contributed by atoms with Crippen LogP contribution in [0, 0.1) is 6.92 Å². The van der Waals surface area contributed by atoms with Gasteiger partial charge in [-0.3, -0.25) is 14.5 Å². The lowest BCUT2D eigenvalue weighted by Gasteiger charge is -2.06. The highest BCUT2D eigenvalue weighted by Crippen LogP contribution is 2.19. The van der Waals surface area contributed by atoms with Crippen molar-refractivity contribution < 1.29 is 9.53 Å². The third-order valence-electron chi connectivity index (χ3n) is 3.23. The fourth-order valence-corrected chi connectivity index (χ4v) is 2.36. The van der Waals surface area contributed by atoms with Crippen molar-refractivity contribution in [3.05, 3.63) is 58.5 Å². The van der Waals surface area contributed by atoms with Crippen LogP contribution < -0.4 is 0 Å². The minimum Gasteiger partial charge on any atom is -0.388 e. The fourth-order valence-electron chi connectivity index (χ4n) is 2.19. The van der Waals surface area contributed by atoms with Crippen LogP contribution in [0.25, 0.3) is 10.9 Å². The zero-order valence-corrected chi connectivity index (χ0v) is 16.0. The molecule has 0 fully saturated rings. The summed E-state index contributed by atoms with van der Waals surface area (Å²) < 4.78 is 5.95. The summed E-state index contributed by atoms with van der Waals surface area (Å²) in [4.78, 5) is 15.3. The Balaban J connectivity index is 0.000000567.